The summed E-state index contributed by atoms with van der Waals surface area (Å²) in [5.41, 5.74) is 4.61. The number of aryl methyl sites for hydroxylation is 2. The van der Waals surface area contributed by atoms with Crippen molar-refractivity contribution >= 4 is 5.95 Å². The van der Waals surface area contributed by atoms with Crippen molar-refractivity contribution in [1.82, 2.24) is 20.1 Å². The van der Waals surface area contributed by atoms with Gasteiger partial charge in [-0.1, -0.05) is 12.1 Å². The second-order valence-corrected chi connectivity index (χ2v) is 6.19. The van der Waals surface area contributed by atoms with Gasteiger partial charge in [0.05, 0.1) is 30.2 Å². The number of aromatic nitrogens is 4. The van der Waals surface area contributed by atoms with Crippen molar-refractivity contribution in [1.29, 1.82) is 0 Å². The highest BCUT2D eigenvalue weighted by atomic mass is 16.5. The molecule has 0 aliphatic carbocycles. The van der Waals surface area contributed by atoms with Crippen LogP contribution >= 0.6 is 0 Å². The van der Waals surface area contributed by atoms with E-state index in [2.05, 4.69) is 26.9 Å². The molecule has 0 unspecified atom stereocenters. The molecule has 7 nitrogen and oxygen atoms in total. The third-order valence-electron chi connectivity index (χ3n) is 4.55. The van der Waals surface area contributed by atoms with Gasteiger partial charge < -0.3 is 14.2 Å². The summed E-state index contributed by atoms with van der Waals surface area (Å²) in [6, 6.07) is 3.93. The molecule has 3 aromatic heterocycles. The van der Waals surface area contributed by atoms with Gasteiger partial charge in [0, 0.05) is 43.7 Å². The summed E-state index contributed by atoms with van der Waals surface area (Å²) in [7, 11) is 0. The van der Waals surface area contributed by atoms with Crippen LogP contribution in [0.15, 0.2) is 35.2 Å². The quantitative estimate of drug-likeness (QED) is 0.715. The van der Waals surface area contributed by atoms with E-state index in [0.717, 1.165) is 53.3 Å². The standard InChI is InChI=1S/C19H21N5O2/c1-3-16-17(13(2)23-26-16)18-15(14-4-6-20-7-5-14)12-21-19(22-18)24-8-10-25-11-9-24/h4-7,12H,3,8-11H2,1-2H3. The first-order valence-corrected chi connectivity index (χ1v) is 8.83. The first-order valence-electron chi connectivity index (χ1n) is 8.83. The van der Waals surface area contributed by atoms with Crippen LogP contribution in [0.2, 0.25) is 0 Å². The predicted molar refractivity (Wildman–Crippen MR) is 97.9 cm³/mol. The first-order chi connectivity index (χ1) is 12.8. The zero-order chi connectivity index (χ0) is 17.9. The van der Waals surface area contributed by atoms with Crippen molar-refractivity contribution in [2.75, 3.05) is 31.2 Å². The molecular weight excluding hydrogens is 330 g/mol. The molecule has 26 heavy (non-hydrogen) atoms. The fraction of sp³-hybridized carbons (Fsp3) is 0.368. The number of pyridine rings is 1. The normalized spacial score (nSPS) is 14.6. The number of morpholine rings is 1. The minimum absolute atomic E-state index is 0.692. The lowest BCUT2D eigenvalue weighted by Crippen LogP contribution is -2.37. The summed E-state index contributed by atoms with van der Waals surface area (Å²) in [5, 5.41) is 4.16. The number of hydrogen-bond acceptors (Lipinski definition) is 7. The highest BCUT2D eigenvalue weighted by Crippen LogP contribution is 2.35. The van der Waals surface area contributed by atoms with Crippen molar-refractivity contribution < 1.29 is 9.26 Å². The van der Waals surface area contributed by atoms with Gasteiger partial charge in [-0.2, -0.15) is 0 Å². The highest BCUT2D eigenvalue weighted by molar-refractivity contribution is 5.82. The minimum Gasteiger partial charge on any atom is -0.378 e. The maximum atomic E-state index is 5.52. The SMILES string of the molecule is CCc1onc(C)c1-c1nc(N2CCOCC2)ncc1-c1ccncc1. The number of nitrogens with zero attached hydrogens (tertiary/aromatic N) is 5. The molecule has 1 aliphatic heterocycles. The Balaban J connectivity index is 1.88. The van der Waals surface area contributed by atoms with Crippen LogP contribution in [0, 0.1) is 6.92 Å². The third kappa shape index (κ3) is 3.06. The van der Waals surface area contributed by atoms with Crippen LogP contribution in [0.25, 0.3) is 22.4 Å². The molecule has 1 aliphatic rings. The summed E-state index contributed by atoms with van der Waals surface area (Å²) < 4.78 is 11.0. The van der Waals surface area contributed by atoms with E-state index in [1.807, 2.05) is 25.3 Å². The number of anilines is 1. The summed E-state index contributed by atoms with van der Waals surface area (Å²) in [6.45, 7) is 6.97. The van der Waals surface area contributed by atoms with Crippen molar-refractivity contribution in [2.45, 2.75) is 20.3 Å². The van der Waals surface area contributed by atoms with E-state index in [-0.39, 0.29) is 0 Å². The maximum absolute atomic E-state index is 5.52. The van der Waals surface area contributed by atoms with Crippen LogP contribution in [0.4, 0.5) is 5.95 Å². The molecule has 0 bridgehead atoms. The van der Waals surface area contributed by atoms with Crippen molar-refractivity contribution in [3.63, 3.8) is 0 Å². The first kappa shape index (κ1) is 16.7. The fourth-order valence-corrected chi connectivity index (χ4v) is 3.18. The predicted octanol–water partition coefficient (Wildman–Crippen LogP) is 2.90. The molecule has 0 atom stereocenters. The lowest BCUT2D eigenvalue weighted by Gasteiger charge is -2.27. The smallest absolute Gasteiger partial charge is 0.226 e. The van der Waals surface area contributed by atoms with E-state index in [1.54, 1.807) is 12.4 Å². The minimum atomic E-state index is 0.692. The molecule has 0 saturated carbocycles. The van der Waals surface area contributed by atoms with Gasteiger partial charge in [-0.3, -0.25) is 4.98 Å². The summed E-state index contributed by atoms with van der Waals surface area (Å²) >= 11 is 0. The van der Waals surface area contributed by atoms with Crippen LogP contribution in [-0.4, -0.2) is 46.4 Å². The van der Waals surface area contributed by atoms with Crippen LogP contribution < -0.4 is 4.90 Å². The second-order valence-electron chi connectivity index (χ2n) is 6.19. The summed E-state index contributed by atoms with van der Waals surface area (Å²) in [6.07, 6.45) is 6.18. The van der Waals surface area contributed by atoms with Gasteiger partial charge in [0.2, 0.25) is 5.95 Å². The van der Waals surface area contributed by atoms with Gasteiger partial charge in [0.15, 0.2) is 0 Å². The molecule has 4 heterocycles. The molecule has 7 heteroatoms. The molecule has 134 valence electrons. The second kappa shape index (κ2) is 7.21. The molecule has 3 aromatic rings. The Morgan fingerprint density at radius 1 is 1.15 bits per heavy atom. The van der Waals surface area contributed by atoms with E-state index in [1.165, 1.54) is 0 Å². The van der Waals surface area contributed by atoms with E-state index >= 15 is 0 Å². The van der Waals surface area contributed by atoms with Gasteiger partial charge >= 0.3 is 0 Å². The topological polar surface area (TPSA) is 77.2 Å². The Bertz CT molecular complexity index is 888. The average molecular weight is 351 g/mol. The fourth-order valence-electron chi connectivity index (χ4n) is 3.18. The van der Waals surface area contributed by atoms with Crippen molar-refractivity contribution in [2.24, 2.45) is 0 Å². The lowest BCUT2D eigenvalue weighted by atomic mass is 10.00. The molecule has 0 aromatic carbocycles. The van der Waals surface area contributed by atoms with Crippen LogP contribution in [0.3, 0.4) is 0 Å². The summed E-state index contributed by atoms with van der Waals surface area (Å²) in [4.78, 5) is 15.8. The van der Waals surface area contributed by atoms with Gasteiger partial charge in [-0.05, 0) is 24.6 Å². The lowest BCUT2D eigenvalue weighted by molar-refractivity contribution is 0.122. The average Bonchev–Trinajstić information content (AvgIpc) is 3.09. The summed E-state index contributed by atoms with van der Waals surface area (Å²) in [5.74, 6) is 1.55. The van der Waals surface area contributed by atoms with E-state index < -0.39 is 0 Å². The monoisotopic (exact) mass is 351 g/mol. The molecule has 1 fully saturated rings. The third-order valence-corrected chi connectivity index (χ3v) is 4.55. The van der Waals surface area contributed by atoms with Crippen LogP contribution in [-0.2, 0) is 11.2 Å². The van der Waals surface area contributed by atoms with Gasteiger partial charge in [-0.25, -0.2) is 9.97 Å². The molecule has 0 radical (unpaired) electrons. The van der Waals surface area contributed by atoms with Gasteiger partial charge in [-0.15, -0.1) is 0 Å². The van der Waals surface area contributed by atoms with E-state index in [0.29, 0.717) is 19.2 Å². The van der Waals surface area contributed by atoms with Crippen LogP contribution in [0.1, 0.15) is 18.4 Å². The number of rotatable bonds is 4. The van der Waals surface area contributed by atoms with Crippen LogP contribution in [0.5, 0.6) is 0 Å². The van der Waals surface area contributed by atoms with Crippen molar-refractivity contribution in [3.05, 3.63) is 42.2 Å². The Hall–Kier alpha value is -2.80. The Kier molecular flexibility index (Phi) is 4.62. The molecule has 0 spiro atoms. The van der Waals surface area contributed by atoms with Gasteiger partial charge in [0.25, 0.3) is 0 Å². The maximum Gasteiger partial charge on any atom is 0.226 e. The zero-order valence-corrected chi connectivity index (χ0v) is 15.0. The Morgan fingerprint density at radius 2 is 1.92 bits per heavy atom. The number of hydrogen-bond donors (Lipinski definition) is 0. The molecule has 0 N–H and O–H groups in total. The van der Waals surface area contributed by atoms with Crippen molar-refractivity contribution in [3.8, 4) is 22.4 Å². The Morgan fingerprint density at radius 3 is 2.65 bits per heavy atom. The molecule has 4 rings (SSSR count). The largest absolute Gasteiger partial charge is 0.378 e. The zero-order valence-electron chi connectivity index (χ0n) is 15.0. The molecule has 1 saturated heterocycles. The Labute approximate surface area is 152 Å². The van der Waals surface area contributed by atoms with E-state index in [9.17, 15) is 0 Å². The van der Waals surface area contributed by atoms with Gasteiger partial charge in [0.1, 0.15) is 5.76 Å². The van der Waals surface area contributed by atoms with E-state index in [4.69, 9.17) is 14.2 Å². The number of ether oxygens (including phenoxy) is 1. The highest BCUT2D eigenvalue weighted by Gasteiger charge is 2.22. The molecule has 0 amide bonds. The molecular formula is C19H21N5O2.